The van der Waals surface area contributed by atoms with Crippen LogP contribution in [0.3, 0.4) is 0 Å². The number of nitrogens with zero attached hydrogens (tertiary/aromatic N) is 3. The van der Waals surface area contributed by atoms with Crippen molar-refractivity contribution in [2.45, 2.75) is 37.8 Å². The molecule has 2 heterocycles. The van der Waals surface area contributed by atoms with Gasteiger partial charge in [0, 0.05) is 26.2 Å². The Kier molecular flexibility index (Phi) is 4.82. The van der Waals surface area contributed by atoms with Gasteiger partial charge in [0.05, 0.1) is 6.20 Å². The summed E-state index contributed by atoms with van der Waals surface area (Å²) in [5.41, 5.74) is 0. The molecule has 114 valence electrons. The Morgan fingerprint density at radius 1 is 1.50 bits per heavy atom. The van der Waals surface area contributed by atoms with Gasteiger partial charge in [-0.1, -0.05) is 13.8 Å². The molecule has 2 rings (SSSR count). The third kappa shape index (κ3) is 3.05. The smallest absolute Gasteiger partial charge is 0.260 e. The minimum absolute atomic E-state index is 0.268. The van der Waals surface area contributed by atoms with Crippen molar-refractivity contribution in [2.75, 3.05) is 19.6 Å². The van der Waals surface area contributed by atoms with Gasteiger partial charge in [-0.25, -0.2) is 8.42 Å². The molecule has 1 N–H and O–H groups in total. The van der Waals surface area contributed by atoms with Crippen molar-refractivity contribution >= 4 is 10.0 Å². The molecule has 0 radical (unpaired) electrons. The molecule has 0 spiro atoms. The Morgan fingerprint density at radius 2 is 2.25 bits per heavy atom. The molecule has 2 unspecified atom stereocenters. The zero-order valence-corrected chi connectivity index (χ0v) is 13.2. The van der Waals surface area contributed by atoms with Gasteiger partial charge >= 0.3 is 0 Å². The summed E-state index contributed by atoms with van der Waals surface area (Å²) >= 11 is 0. The quantitative estimate of drug-likeness (QED) is 0.874. The van der Waals surface area contributed by atoms with Gasteiger partial charge < -0.3 is 5.32 Å². The highest BCUT2D eigenvalue weighted by atomic mass is 32.2. The molecule has 1 aromatic rings. The molecule has 0 saturated carbocycles. The van der Waals surface area contributed by atoms with E-state index in [1.54, 1.807) is 17.4 Å². The average molecular weight is 300 g/mol. The van der Waals surface area contributed by atoms with Gasteiger partial charge in [-0.15, -0.1) is 0 Å². The average Bonchev–Trinajstić information content (AvgIpc) is 2.84. The first-order valence-electron chi connectivity index (χ1n) is 7.18. The van der Waals surface area contributed by atoms with Crippen LogP contribution in [0.5, 0.6) is 0 Å². The fourth-order valence-electron chi connectivity index (χ4n) is 2.71. The first-order valence-corrected chi connectivity index (χ1v) is 8.62. The molecule has 1 aliphatic heterocycles. The summed E-state index contributed by atoms with van der Waals surface area (Å²) in [4.78, 5) is 0. The highest BCUT2D eigenvalue weighted by Crippen LogP contribution is 2.23. The lowest BCUT2D eigenvalue weighted by Gasteiger charge is -2.36. The molecule has 0 amide bonds. The number of sulfonamides is 1. The van der Waals surface area contributed by atoms with Crippen LogP contribution >= 0.6 is 0 Å². The van der Waals surface area contributed by atoms with Crippen molar-refractivity contribution in [1.82, 2.24) is 19.4 Å². The van der Waals surface area contributed by atoms with E-state index in [1.807, 2.05) is 0 Å². The molecule has 7 heteroatoms. The monoisotopic (exact) mass is 300 g/mol. The summed E-state index contributed by atoms with van der Waals surface area (Å²) in [5.74, 6) is 0.318. The van der Waals surface area contributed by atoms with Crippen molar-refractivity contribution in [3.05, 3.63) is 12.3 Å². The summed E-state index contributed by atoms with van der Waals surface area (Å²) in [6.07, 6.45) is 3.48. The maximum atomic E-state index is 12.6. The van der Waals surface area contributed by atoms with Crippen LogP contribution in [0, 0.1) is 5.92 Å². The minimum atomic E-state index is -3.42. The zero-order chi connectivity index (χ0) is 14.8. The molecule has 1 saturated heterocycles. The molecule has 1 aliphatic rings. The SMILES string of the molecule is CCCNC1CCN(S(=O)(=O)c2ccnn2C)CC1C. The van der Waals surface area contributed by atoms with E-state index in [0.29, 0.717) is 25.0 Å². The molecule has 1 fully saturated rings. The number of aromatic nitrogens is 2. The fourth-order valence-corrected chi connectivity index (χ4v) is 4.36. The van der Waals surface area contributed by atoms with E-state index in [9.17, 15) is 8.42 Å². The van der Waals surface area contributed by atoms with Crippen LogP contribution in [0.15, 0.2) is 17.3 Å². The molecule has 0 bridgehead atoms. The first kappa shape index (κ1) is 15.5. The first-order chi connectivity index (χ1) is 9.46. The number of aryl methyl sites for hydroxylation is 1. The van der Waals surface area contributed by atoms with Crippen LogP contribution in [0.1, 0.15) is 26.7 Å². The molecule has 1 aromatic heterocycles. The van der Waals surface area contributed by atoms with Gasteiger partial charge in [-0.3, -0.25) is 4.68 Å². The Balaban J connectivity index is 2.07. The second-order valence-corrected chi connectivity index (χ2v) is 7.37. The van der Waals surface area contributed by atoms with E-state index in [2.05, 4.69) is 24.3 Å². The second-order valence-electron chi connectivity index (χ2n) is 5.48. The molecular weight excluding hydrogens is 276 g/mol. The predicted octanol–water partition coefficient (Wildman–Crippen LogP) is 0.819. The summed E-state index contributed by atoms with van der Waals surface area (Å²) in [6, 6.07) is 1.97. The third-order valence-corrected chi connectivity index (χ3v) is 5.85. The predicted molar refractivity (Wildman–Crippen MR) is 77.8 cm³/mol. The van der Waals surface area contributed by atoms with E-state index >= 15 is 0 Å². The van der Waals surface area contributed by atoms with Gasteiger partial charge in [-0.2, -0.15) is 9.40 Å². The fraction of sp³-hybridized carbons (Fsp3) is 0.769. The lowest BCUT2D eigenvalue weighted by atomic mass is 9.95. The Bertz CT molecular complexity index is 540. The molecule has 0 aliphatic carbocycles. The number of rotatable bonds is 5. The summed E-state index contributed by atoms with van der Waals surface area (Å²) in [7, 11) is -1.76. The van der Waals surface area contributed by atoms with Crippen LogP contribution in [-0.2, 0) is 17.1 Å². The summed E-state index contributed by atoms with van der Waals surface area (Å²) in [5, 5.41) is 7.72. The third-order valence-electron chi connectivity index (χ3n) is 3.90. The number of piperidine rings is 1. The topological polar surface area (TPSA) is 67.2 Å². The van der Waals surface area contributed by atoms with Crippen LogP contribution in [0.25, 0.3) is 0 Å². The second kappa shape index (κ2) is 6.24. The molecule has 2 atom stereocenters. The zero-order valence-electron chi connectivity index (χ0n) is 12.4. The van der Waals surface area contributed by atoms with E-state index in [0.717, 1.165) is 19.4 Å². The molecular formula is C13H24N4O2S. The van der Waals surface area contributed by atoms with Crippen LogP contribution < -0.4 is 5.32 Å². The highest BCUT2D eigenvalue weighted by Gasteiger charge is 2.34. The normalized spacial score (nSPS) is 24.9. The van der Waals surface area contributed by atoms with E-state index in [1.165, 1.54) is 10.9 Å². The van der Waals surface area contributed by atoms with Gasteiger partial charge in [0.2, 0.25) is 0 Å². The maximum Gasteiger partial charge on any atom is 0.260 e. The molecule has 6 nitrogen and oxygen atoms in total. The lowest BCUT2D eigenvalue weighted by molar-refractivity contribution is 0.220. The number of hydrogen-bond donors (Lipinski definition) is 1. The Labute approximate surface area is 121 Å². The van der Waals surface area contributed by atoms with Crippen molar-refractivity contribution in [1.29, 1.82) is 0 Å². The van der Waals surface area contributed by atoms with Crippen molar-refractivity contribution < 1.29 is 8.42 Å². The van der Waals surface area contributed by atoms with Gasteiger partial charge in [0.15, 0.2) is 5.03 Å². The summed E-state index contributed by atoms with van der Waals surface area (Å²) in [6.45, 7) is 6.37. The minimum Gasteiger partial charge on any atom is -0.314 e. The van der Waals surface area contributed by atoms with Gasteiger partial charge in [-0.05, 0) is 31.4 Å². The van der Waals surface area contributed by atoms with E-state index in [4.69, 9.17) is 0 Å². The van der Waals surface area contributed by atoms with E-state index < -0.39 is 10.0 Å². The lowest BCUT2D eigenvalue weighted by Crippen LogP contribution is -2.50. The molecule has 20 heavy (non-hydrogen) atoms. The number of hydrogen-bond acceptors (Lipinski definition) is 4. The van der Waals surface area contributed by atoms with Crippen LogP contribution in [0.2, 0.25) is 0 Å². The van der Waals surface area contributed by atoms with Crippen LogP contribution in [0.4, 0.5) is 0 Å². The van der Waals surface area contributed by atoms with E-state index in [-0.39, 0.29) is 5.03 Å². The van der Waals surface area contributed by atoms with Gasteiger partial charge in [0.1, 0.15) is 0 Å². The standard InChI is InChI=1S/C13H24N4O2S/c1-4-7-14-12-6-9-17(10-11(12)2)20(18,19)13-5-8-15-16(13)3/h5,8,11-12,14H,4,6-7,9-10H2,1-3H3. The largest absolute Gasteiger partial charge is 0.314 e. The van der Waals surface area contributed by atoms with Crippen molar-refractivity contribution in [3.63, 3.8) is 0 Å². The summed E-state index contributed by atoms with van der Waals surface area (Å²) < 4.78 is 28.2. The Hall–Kier alpha value is -0.920. The Morgan fingerprint density at radius 3 is 2.80 bits per heavy atom. The van der Waals surface area contributed by atoms with Crippen molar-refractivity contribution in [2.24, 2.45) is 13.0 Å². The number of nitrogens with one attached hydrogen (secondary N) is 1. The highest BCUT2D eigenvalue weighted by molar-refractivity contribution is 7.89. The molecule has 0 aromatic carbocycles. The van der Waals surface area contributed by atoms with Crippen molar-refractivity contribution in [3.8, 4) is 0 Å². The maximum absolute atomic E-state index is 12.6. The van der Waals surface area contributed by atoms with Gasteiger partial charge in [0.25, 0.3) is 10.0 Å². The van der Waals surface area contributed by atoms with Crippen LogP contribution in [-0.4, -0.2) is 48.2 Å².